The van der Waals surface area contributed by atoms with E-state index in [0.29, 0.717) is 22.7 Å². The molecule has 0 radical (unpaired) electrons. The molecule has 0 aliphatic heterocycles. The van der Waals surface area contributed by atoms with E-state index >= 15 is 0 Å². The first kappa shape index (κ1) is 10.5. The molecular weight excluding hydrogens is 208 g/mol. The summed E-state index contributed by atoms with van der Waals surface area (Å²) in [5, 5.41) is 9.94. The van der Waals surface area contributed by atoms with E-state index in [0.717, 1.165) is 0 Å². The van der Waals surface area contributed by atoms with Crippen LogP contribution in [0.2, 0.25) is 0 Å². The van der Waals surface area contributed by atoms with E-state index in [4.69, 9.17) is 9.15 Å². The lowest BCUT2D eigenvalue weighted by molar-refractivity contribution is 0.407. The first-order valence-electron chi connectivity index (χ1n) is 4.85. The van der Waals surface area contributed by atoms with Crippen molar-refractivity contribution < 1.29 is 14.3 Å². The quantitative estimate of drug-likeness (QED) is 0.799. The van der Waals surface area contributed by atoms with E-state index in [1.165, 1.54) is 13.2 Å². The predicted octanol–water partition coefficient (Wildman–Crippen LogP) is 2.12. The molecule has 0 unspecified atom stereocenters. The molecule has 2 aromatic rings. The number of phenolic OH excluding ortho intramolecular Hbond substituents is 1. The van der Waals surface area contributed by atoms with Crippen LogP contribution in [0.4, 0.5) is 0 Å². The molecule has 0 amide bonds. The topological polar surface area (TPSA) is 59.7 Å². The molecule has 84 valence electrons. The summed E-state index contributed by atoms with van der Waals surface area (Å²) in [4.78, 5) is 11.9. The van der Waals surface area contributed by atoms with Crippen LogP contribution in [0.15, 0.2) is 21.3 Å². The zero-order valence-electron chi connectivity index (χ0n) is 9.33. The van der Waals surface area contributed by atoms with Gasteiger partial charge in [-0.2, -0.15) is 0 Å². The van der Waals surface area contributed by atoms with Gasteiger partial charge in [-0.1, -0.05) is 0 Å². The third-order valence-corrected chi connectivity index (χ3v) is 2.65. The summed E-state index contributed by atoms with van der Waals surface area (Å²) >= 11 is 0. The third kappa shape index (κ3) is 1.43. The fourth-order valence-electron chi connectivity index (χ4n) is 1.59. The molecule has 0 atom stereocenters. The Balaban J connectivity index is 2.96. The summed E-state index contributed by atoms with van der Waals surface area (Å²) in [5.41, 5.74) is 0.636. The van der Waals surface area contributed by atoms with Gasteiger partial charge in [0.1, 0.15) is 28.2 Å². The highest BCUT2D eigenvalue weighted by molar-refractivity contribution is 5.85. The SMILES string of the molecule is COc1cc(O)c2c(=O)c(C)c(C)oc2c1. The lowest BCUT2D eigenvalue weighted by atomic mass is 10.1. The fraction of sp³-hybridized carbons (Fsp3) is 0.250. The van der Waals surface area contributed by atoms with E-state index in [1.807, 2.05) is 0 Å². The zero-order chi connectivity index (χ0) is 11.9. The van der Waals surface area contributed by atoms with E-state index in [1.54, 1.807) is 19.9 Å². The Labute approximate surface area is 92.1 Å². The summed E-state index contributed by atoms with van der Waals surface area (Å²) in [6.07, 6.45) is 0. The van der Waals surface area contributed by atoms with Gasteiger partial charge in [0.2, 0.25) is 0 Å². The normalized spacial score (nSPS) is 10.7. The molecule has 0 spiro atoms. The van der Waals surface area contributed by atoms with Crippen LogP contribution in [0.25, 0.3) is 11.0 Å². The molecule has 2 rings (SSSR count). The Morgan fingerprint density at radius 2 is 2.00 bits per heavy atom. The van der Waals surface area contributed by atoms with Gasteiger partial charge in [-0.15, -0.1) is 0 Å². The highest BCUT2D eigenvalue weighted by atomic mass is 16.5. The standard InChI is InChI=1S/C12H12O4/c1-6-7(2)16-10-5-8(15-3)4-9(13)11(10)12(6)14/h4-5,13H,1-3H3. The molecule has 1 heterocycles. The number of phenols is 1. The van der Waals surface area contributed by atoms with E-state index in [9.17, 15) is 9.90 Å². The number of aryl methyl sites for hydroxylation is 1. The Morgan fingerprint density at radius 1 is 1.31 bits per heavy atom. The summed E-state index contributed by atoms with van der Waals surface area (Å²) in [6.45, 7) is 3.39. The number of rotatable bonds is 1. The van der Waals surface area contributed by atoms with Crippen LogP contribution in [-0.2, 0) is 0 Å². The predicted molar refractivity (Wildman–Crippen MR) is 60.2 cm³/mol. The maximum atomic E-state index is 11.9. The van der Waals surface area contributed by atoms with Gasteiger partial charge in [0.05, 0.1) is 7.11 Å². The van der Waals surface area contributed by atoms with Crippen LogP contribution >= 0.6 is 0 Å². The van der Waals surface area contributed by atoms with E-state index in [-0.39, 0.29) is 16.6 Å². The molecule has 1 N–H and O–H groups in total. The number of benzene rings is 1. The van der Waals surface area contributed by atoms with Crippen LogP contribution in [0.1, 0.15) is 11.3 Å². The number of hydrogen-bond donors (Lipinski definition) is 1. The Hall–Kier alpha value is -1.97. The van der Waals surface area contributed by atoms with Crippen molar-refractivity contribution in [1.29, 1.82) is 0 Å². The van der Waals surface area contributed by atoms with Crippen molar-refractivity contribution in [2.24, 2.45) is 0 Å². The molecule has 0 bridgehead atoms. The van der Waals surface area contributed by atoms with Crippen LogP contribution in [0, 0.1) is 13.8 Å². The van der Waals surface area contributed by atoms with Crippen LogP contribution in [-0.4, -0.2) is 12.2 Å². The van der Waals surface area contributed by atoms with E-state index < -0.39 is 0 Å². The van der Waals surface area contributed by atoms with Crippen molar-refractivity contribution >= 4 is 11.0 Å². The summed E-state index contributed by atoms with van der Waals surface area (Å²) < 4.78 is 10.4. The van der Waals surface area contributed by atoms with Gasteiger partial charge in [-0.3, -0.25) is 4.79 Å². The Kier molecular flexibility index (Phi) is 2.34. The van der Waals surface area contributed by atoms with Gasteiger partial charge in [0.15, 0.2) is 5.43 Å². The summed E-state index contributed by atoms with van der Waals surface area (Å²) in [6, 6.07) is 2.98. The maximum Gasteiger partial charge on any atom is 0.199 e. The van der Waals surface area contributed by atoms with Gasteiger partial charge in [-0.25, -0.2) is 0 Å². The molecule has 0 saturated carbocycles. The average Bonchev–Trinajstić information content (AvgIpc) is 2.25. The van der Waals surface area contributed by atoms with Gasteiger partial charge in [0, 0.05) is 17.7 Å². The molecule has 16 heavy (non-hydrogen) atoms. The monoisotopic (exact) mass is 220 g/mol. The molecule has 0 fully saturated rings. The first-order valence-corrected chi connectivity index (χ1v) is 4.85. The highest BCUT2D eigenvalue weighted by Crippen LogP contribution is 2.29. The molecule has 0 aliphatic rings. The van der Waals surface area contributed by atoms with Crippen molar-refractivity contribution in [3.8, 4) is 11.5 Å². The van der Waals surface area contributed by atoms with E-state index in [2.05, 4.69) is 0 Å². The largest absolute Gasteiger partial charge is 0.507 e. The molecule has 0 aliphatic carbocycles. The zero-order valence-corrected chi connectivity index (χ0v) is 9.33. The van der Waals surface area contributed by atoms with Crippen molar-refractivity contribution in [2.45, 2.75) is 13.8 Å². The first-order chi connectivity index (χ1) is 7.54. The lowest BCUT2D eigenvalue weighted by Crippen LogP contribution is -2.07. The second-order valence-corrected chi connectivity index (χ2v) is 3.63. The second kappa shape index (κ2) is 3.56. The summed E-state index contributed by atoms with van der Waals surface area (Å²) in [7, 11) is 1.49. The third-order valence-electron chi connectivity index (χ3n) is 2.65. The average molecular weight is 220 g/mol. The second-order valence-electron chi connectivity index (χ2n) is 3.63. The van der Waals surface area contributed by atoms with Crippen LogP contribution < -0.4 is 10.2 Å². The number of hydrogen-bond acceptors (Lipinski definition) is 4. The highest BCUT2D eigenvalue weighted by Gasteiger charge is 2.13. The van der Waals surface area contributed by atoms with Crippen molar-refractivity contribution in [2.75, 3.05) is 7.11 Å². The minimum Gasteiger partial charge on any atom is -0.507 e. The number of methoxy groups -OCH3 is 1. The number of ether oxygens (including phenoxy) is 1. The molecule has 1 aromatic heterocycles. The molecule has 4 heteroatoms. The number of aromatic hydroxyl groups is 1. The minimum atomic E-state index is -0.209. The molecule has 0 saturated heterocycles. The van der Waals surface area contributed by atoms with Crippen LogP contribution in [0.5, 0.6) is 11.5 Å². The van der Waals surface area contributed by atoms with Gasteiger partial charge in [0.25, 0.3) is 0 Å². The van der Waals surface area contributed by atoms with Crippen molar-refractivity contribution in [3.05, 3.63) is 33.7 Å². The molecular formula is C12H12O4. The fourth-order valence-corrected chi connectivity index (χ4v) is 1.59. The molecule has 4 nitrogen and oxygen atoms in total. The van der Waals surface area contributed by atoms with Gasteiger partial charge < -0.3 is 14.3 Å². The Morgan fingerprint density at radius 3 is 2.62 bits per heavy atom. The smallest absolute Gasteiger partial charge is 0.199 e. The van der Waals surface area contributed by atoms with Crippen LogP contribution in [0.3, 0.4) is 0 Å². The molecule has 1 aromatic carbocycles. The van der Waals surface area contributed by atoms with Crippen molar-refractivity contribution in [1.82, 2.24) is 0 Å². The van der Waals surface area contributed by atoms with Gasteiger partial charge >= 0.3 is 0 Å². The summed E-state index contributed by atoms with van der Waals surface area (Å²) in [5.74, 6) is 0.882. The van der Waals surface area contributed by atoms with Crippen molar-refractivity contribution in [3.63, 3.8) is 0 Å². The minimum absolute atomic E-state index is 0.119. The van der Waals surface area contributed by atoms with Gasteiger partial charge in [-0.05, 0) is 13.8 Å². The lowest BCUT2D eigenvalue weighted by Gasteiger charge is -2.06. The Bertz CT molecular complexity index is 610. The number of fused-ring (bicyclic) bond motifs is 1. The maximum absolute atomic E-state index is 11.9.